The van der Waals surface area contributed by atoms with Crippen LogP contribution in [0.25, 0.3) is 0 Å². The lowest BCUT2D eigenvalue weighted by molar-refractivity contribution is 0.318. The average molecular weight is 234 g/mol. The molecule has 0 aromatic carbocycles. The predicted molar refractivity (Wildman–Crippen MR) is 57.8 cm³/mol. The van der Waals surface area contributed by atoms with Crippen LogP contribution in [0, 0.1) is 0 Å². The van der Waals surface area contributed by atoms with Crippen LogP contribution < -0.4 is 10.5 Å². The van der Waals surface area contributed by atoms with Gasteiger partial charge >= 0.3 is 0 Å². The lowest BCUT2D eigenvalue weighted by atomic mass is 10.4. The molecule has 88 valence electrons. The summed E-state index contributed by atoms with van der Waals surface area (Å²) in [5.41, 5.74) is 5.61. The molecule has 2 aromatic heterocycles. The highest BCUT2D eigenvalue weighted by atomic mass is 16.5. The second-order valence-corrected chi connectivity index (χ2v) is 3.18. The Kier molecular flexibility index (Phi) is 2.86. The smallest absolute Gasteiger partial charge is 0.238 e. The van der Waals surface area contributed by atoms with Crippen LogP contribution in [0.5, 0.6) is 11.6 Å². The molecule has 8 nitrogen and oxygen atoms in total. The molecule has 2 rings (SSSR count). The van der Waals surface area contributed by atoms with Crippen molar-refractivity contribution in [2.24, 2.45) is 17.9 Å². The fourth-order valence-electron chi connectivity index (χ4n) is 1.12. The number of nitrogens with two attached hydrogens (primary N) is 1. The maximum absolute atomic E-state index is 8.45. The number of hydrogen-bond acceptors (Lipinski definition) is 6. The molecule has 0 amide bonds. The van der Waals surface area contributed by atoms with E-state index < -0.39 is 0 Å². The van der Waals surface area contributed by atoms with Crippen molar-refractivity contribution >= 4 is 5.84 Å². The van der Waals surface area contributed by atoms with Crippen LogP contribution in [-0.4, -0.2) is 30.8 Å². The fourth-order valence-corrected chi connectivity index (χ4v) is 1.12. The summed E-state index contributed by atoms with van der Waals surface area (Å²) < 4.78 is 6.97. The van der Waals surface area contributed by atoms with E-state index in [1.54, 1.807) is 24.1 Å². The molecule has 0 spiro atoms. The van der Waals surface area contributed by atoms with E-state index in [-0.39, 0.29) is 11.5 Å². The van der Waals surface area contributed by atoms with Gasteiger partial charge in [-0.05, 0) is 0 Å². The number of aromatic nitrogens is 4. The Labute approximate surface area is 96.4 Å². The molecule has 0 radical (unpaired) electrons. The average Bonchev–Trinajstić information content (AvgIpc) is 2.75. The van der Waals surface area contributed by atoms with Gasteiger partial charge in [0.25, 0.3) is 0 Å². The van der Waals surface area contributed by atoms with Gasteiger partial charge in [0.1, 0.15) is 5.69 Å². The van der Waals surface area contributed by atoms with Crippen molar-refractivity contribution in [1.82, 2.24) is 19.7 Å². The number of amidine groups is 1. The van der Waals surface area contributed by atoms with E-state index in [1.165, 1.54) is 12.4 Å². The molecule has 0 bridgehead atoms. The highest BCUT2D eigenvalue weighted by Crippen LogP contribution is 2.16. The standard InChI is InChI=1S/C9H10N6O2/c1-15-5-6(2-13-15)17-8-4-11-7(3-12-8)9(10)14-16/h2-5,16H,1H3,(H2,10,14). The van der Waals surface area contributed by atoms with Gasteiger partial charge < -0.3 is 15.7 Å². The van der Waals surface area contributed by atoms with Gasteiger partial charge in [0.15, 0.2) is 11.6 Å². The number of hydrogen-bond donors (Lipinski definition) is 2. The third-order valence-electron chi connectivity index (χ3n) is 1.90. The highest BCUT2D eigenvalue weighted by Gasteiger charge is 2.04. The molecule has 0 unspecified atom stereocenters. The lowest BCUT2D eigenvalue weighted by Gasteiger charge is -2.01. The zero-order valence-electron chi connectivity index (χ0n) is 8.98. The van der Waals surface area contributed by atoms with Crippen molar-refractivity contribution in [2.45, 2.75) is 0 Å². The first-order chi connectivity index (χ1) is 8.19. The van der Waals surface area contributed by atoms with Crippen LogP contribution in [-0.2, 0) is 7.05 Å². The largest absolute Gasteiger partial charge is 0.434 e. The fraction of sp³-hybridized carbons (Fsp3) is 0.111. The molecule has 0 aliphatic heterocycles. The van der Waals surface area contributed by atoms with Crippen molar-refractivity contribution in [1.29, 1.82) is 0 Å². The quantitative estimate of drug-likeness (QED) is 0.337. The van der Waals surface area contributed by atoms with Gasteiger partial charge in [0, 0.05) is 7.05 Å². The van der Waals surface area contributed by atoms with Gasteiger partial charge in [-0.2, -0.15) is 5.10 Å². The molecule has 17 heavy (non-hydrogen) atoms. The highest BCUT2D eigenvalue weighted by molar-refractivity contribution is 5.94. The van der Waals surface area contributed by atoms with E-state index in [1.807, 2.05) is 0 Å². The van der Waals surface area contributed by atoms with Gasteiger partial charge in [-0.25, -0.2) is 9.97 Å². The molecule has 2 aromatic rings. The van der Waals surface area contributed by atoms with E-state index in [4.69, 9.17) is 15.7 Å². The van der Waals surface area contributed by atoms with Crippen LogP contribution in [0.3, 0.4) is 0 Å². The summed E-state index contributed by atoms with van der Waals surface area (Å²) in [6.45, 7) is 0. The van der Waals surface area contributed by atoms with Gasteiger partial charge in [-0.3, -0.25) is 4.68 Å². The molecule has 8 heteroatoms. The van der Waals surface area contributed by atoms with Crippen molar-refractivity contribution in [3.63, 3.8) is 0 Å². The minimum absolute atomic E-state index is 0.106. The Bertz CT molecular complexity index is 533. The zero-order valence-corrected chi connectivity index (χ0v) is 8.98. The molecule has 0 saturated carbocycles. The Hall–Kier alpha value is -2.64. The number of nitrogens with zero attached hydrogens (tertiary/aromatic N) is 5. The summed E-state index contributed by atoms with van der Waals surface area (Å²) in [5.74, 6) is 0.747. The maximum atomic E-state index is 8.45. The minimum Gasteiger partial charge on any atom is -0.434 e. The number of aryl methyl sites for hydroxylation is 1. The monoisotopic (exact) mass is 234 g/mol. The van der Waals surface area contributed by atoms with Crippen LogP contribution in [0.1, 0.15) is 5.69 Å². The number of oxime groups is 1. The van der Waals surface area contributed by atoms with Crippen molar-refractivity contribution in [3.8, 4) is 11.6 Å². The summed E-state index contributed by atoms with van der Waals surface area (Å²) in [7, 11) is 1.78. The van der Waals surface area contributed by atoms with Gasteiger partial charge in [0.2, 0.25) is 5.88 Å². The molecule has 0 aliphatic carbocycles. The lowest BCUT2D eigenvalue weighted by Crippen LogP contribution is -2.15. The molecule has 0 fully saturated rings. The summed E-state index contributed by atoms with van der Waals surface area (Å²) >= 11 is 0. The third-order valence-corrected chi connectivity index (χ3v) is 1.90. The molecule has 3 N–H and O–H groups in total. The molecule has 0 saturated heterocycles. The Morgan fingerprint density at radius 1 is 1.41 bits per heavy atom. The van der Waals surface area contributed by atoms with Crippen molar-refractivity contribution < 1.29 is 9.94 Å². The Morgan fingerprint density at radius 3 is 2.76 bits per heavy atom. The van der Waals surface area contributed by atoms with E-state index in [2.05, 4.69) is 20.2 Å². The summed E-state index contributed by atoms with van der Waals surface area (Å²) in [5, 5.41) is 15.2. The summed E-state index contributed by atoms with van der Waals surface area (Å²) in [4.78, 5) is 7.88. The van der Waals surface area contributed by atoms with Gasteiger partial charge in [0.05, 0.1) is 24.8 Å². The van der Waals surface area contributed by atoms with E-state index in [0.29, 0.717) is 11.6 Å². The minimum atomic E-state index is -0.106. The molecule has 0 atom stereocenters. The number of rotatable bonds is 3. The molecule has 0 aliphatic rings. The molecule has 2 heterocycles. The van der Waals surface area contributed by atoms with Crippen LogP contribution >= 0.6 is 0 Å². The second-order valence-electron chi connectivity index (χ2n) is 3.18. The van der Waals surface area contributed by atoms with Crippen LogP contribution in [0.4, 0.5) is 0 Å². The zero-order chi connectivity index (χ0) is 12.3. The Balaban J connectivity index is 2.13. The first kappa shape index (κ1) is 10.9. The van der Waals surface area contributed by atoms with E-state index >= 15 is 0 Å². The van der Waals surface area contributed by atoms with Crippen molar-refractivity contribution in [2.75, 3.05) is 0 Å². The second kappa shape index (κ2) is 4.47. The SMILES string of the molecule is Cn1cc(Oc2cnc(/C(N)=N/O)cn2)cn1. The van der Waals surface area contributed by atoms with Crippen LogP contribution in [0.2, 0.25) is 0 Å². The van der Waals surface area contributed by atoms with Crippen molar-refractivity contribution in [3.05, 3.63) is 30.5 Å². The predicted octanol–water partition coefficient (Wildman–Crippen LogP) is 0.0969. The topological polar surface area (TPSA) is 111 Å². The van der Waals surface area contributed by atoms with E-state index in [9.17, 15) is 0 Å². The Morgan fingerprint density at radius 2 is 2.24 bits per heavy atom. The van der Waals surface area contributed by atoms with Gasteiger partial charge in [-0.15, -0.1) is 0 Å². The normalized spacial score (nSPS) is 11.5. The van der Waals surface area contributed by atoms with Crippen LogP contribution in [0.15, 0.2) is 29.9 Å². The summed E-state index contributed by atoms with van der Waals surface area (Å²) in [6.07, 6.45) is 5.97. The first-order valence-corrected chi connectivity index (χ1v) is 4.65. The summed E-state index contributed by atoms with van der Waals surface area (Å²) in [6, 6.07) is 0. The molecular formula is C9H10N6O2. The van der Waals surface area contributed by atoms with Gasteiger partial charge in [-0.1, -0.05) is 5.16 Å². The first-order valence-electron chi connectivity index (χ1n) is 4.65. The van der Waals surface area contributed by atoms with E-state index in [0.717, 1.165) is 0 Å². The maximum Gasteiger partial charge on any atom is 0.238 e. The number of ether oxygens (including phenoxy) is 1. The third kappa shape index (κ3) is 2.48. The molecular weight excluding hydrogens is 224 g/mol.